The maximum absolute atomic E-state index is 13.3. The van der Waals surface area contributed by atoms with Crippen LogP contribution in [0.15, 0.2) is 29.2 Å². The summed E-state index contributed by atoms with van der Waals surface area (Å²) in [4.78, 5) is 2.39. The second-order valence-electron chi connectivity index (χ2n) is 9.19. The number of unbranched alkanes of at least 4 members (excludes halogenated alkanes) is 10. The van der Waals surface area contributed by atoms with Gasteiger partial charge in [-0.2, -0.15) is 4.31 Å². The molecule has 1 fully saturated rings. The average molecular weight is 452 g/mol. The SMILES string of the molecule is CCCCCCCCCCCCCC1CNCCN1S(=O)(=O)c1ccc(N(C)C)cc1. The Kier molecular flexibility index (Phi) is 11.9. The Labute approximate surface area is 191 Å². The molecule has 2 rings (SSSR count). The quantitative estimate of drug-likeness (QED) is 0.362. The lowest BCUT2D eigenvalue weighted by atomic mass is 10.0. The number of rotatable bonds is 15. The van der Waals surface area contributed by atoms with Crippen LogP contribution >= 0.6 is 0 Å². The molecule has 0 spiro atoms. The molecule has 6 heteroatoms. The van der Waals surface area contributed by atoms with Crippen molar-refractivity contribution in [2.24, 2.45) is 0 Å². The molecule has 1 heterocycles. The number of sulfonamides is 1. The molecule has 0 aromatic heterocycles. The number of hydrogen-bond donors (Lipinski definition) is 1. The molecule has 0 amide bonds. The number of anilines is 1. The van der Waals surface area contributed by atoms with E-state index in [1.54, 1.807) is 16.4 Å². The Morgan fingerprint density at radius 1 is 0.903 bits per heavy atom. The smallest absolute Gasteiger partial charge is 0.243 e. The molecule has 31 heavy (non-hydrogen) atoms. The minimum atomic E-state index is -3.44. The van der Waals surface area contributed by atoms with Crippen LogP contribution in [0.25, 0.3) is 0 Å². The fourth-order valence-electron chi connectivity index (χ4n) is 4.40. The molecule has 178 valence electrons. The van der Waals surface area contributed by atoms with Crippen LogP contribution in [0.5, 0.6) is 0 Å². The Morgan fingerprint density at radius 3 is 2.00 bits per heavy atom. The van der Waals surface area contributed by atoms with Crippen LogP contribution in [0, 0.1) is 0 Å². The first-order chi connectivity index (χ1) is 15.0. The van der Waals surface area contributed by atoms with Gasteiger partial charge in [0, 0.05) is 45.5 Å². The van der Waals surface area contributed by atoms with Crippen LogP contribution in [0.1, 0.15) is 84.0 Å². The van der Waals surface area contributed by atoms with Gasteiger partial charge in [0.25, 0.3) is 0 Å². The van der Waals surface area contributed by atoms with Gasteiger partial charge >= 0.3 is 0 Å². The summed E-state index contributed by atoms with van der Waals surface area (Å²) in [5, 5.41) is 3.39. The highest BCUT2D eigenvalue weighted by Crippen LogP contribution is 2.24. The van der Waals surface area contributed by atoms with E-state index < -0.39 is 10.0 Å². The van der Waals surface area contributed by atoms with Crippen molar-refractivity contribution in [3.05, 3.63) is 24.3 Å². The molecule has 0 aliphatic carbocycles. The zero-order valence-electron chi connectivity index (χ0n) is 20.1. The van der Waals surface area contributed by atoms with Crippen molar-refractivity contribution in [1.29, 1.82) is 0 Å². The lowest BCUT2D eigenvalue weighted by molar-refractivity contribution is 0.250. The highest BCUT2D eigenvalue weighted by atomic mass is 32.2. The molecule has 0 bridgehead atoms. The molecule has 5 nitrogen and oxygen atoms in total. The first kappa shape index (κ1) is 26.1. The van der Waals surface area contributed by atoms with E-state index in [9.17, 15) is 8.42 Å². The van der Waals surface area contributed by atoms with E-state index in [0.29, 0.717) is 11.4 Å². The van der Waals surface area contributed by atoms with Crippen LogP contribution in [0.3, 0.4) is 0 Å². The molecule has 1 atom stereocenters. The van der Waals surface area contributed by atoms with Crippen molar-refractivity contribution in [1.82, 2.24) is 9.62 Å². The summed E-state index contributed by atoms with van der Waals surface area (Å²) in [7, 11) is 0.480. The topological polar surface area (TPSA) is 52.7 Å². The average Bonchev–Trinajstić information content (AvgIpc) is 2.77. The van der Waals surface area contributed by atoms with Crippen LogP contribution in [-0.2, 0) is 10.0 Å². The maximum atomic E-state index is 13.3. The fraction of sp³-hybridized carbons (Fsp3) is 0.760. The van der Waals surface area contributed by atoms with Crippen molar-refractivity contribution < 1.29 is 8.42 Å². The third kappa shape index (κ3) is 8.74. The molecule has 0 radical (unpaired) electrons. The van der Waals surface area contributed by atoms with E-state index in [0.717, 1.165) is 31.6 Å². The number of piperazine rings is 1. The fourth-order valence-corrected chi connectivity index (χ4v) is 6.06. The minimum Gasteiger partial charge on any atom is -0.378 e. The molecular weight excluding hydrogens is 406 g/mol. The van der Waals surface area contributed by atoms with Gasteiger partial charge in [-0.15, -0.1) is 0 Å². The Bertz CT molecular complexity index is 704. The third-order valence-electron chi connectivity index (χ3n) is 6.40. The first-order valence-electron chi connectivity index (χ1n) is 12.5. The highest BCUT2D eigenvalue weighted by Gasteiger charge is 2.33. The van der Waals surface area contributed by atoms with Gasteiger partial charge < -0.3 is 10.2 Å². The number of benzene rings is 1. The summed E-state index contributed by atoms with van der Waals surface area (Å²) in [6.07, 6.45) is 15.4. The zero-order chi connectivity index (χ0) is 22.5. The number of hydrogen-bond acceptors (Lipinski definition) is 4. The molecule has 0 saturated carbocycles. The first-order valence-corrected chi connectivity index (χ1v) is 13.9. The van der Waals surface area contributed by atoms with Crippen LogP contribution in [-0.4, -0.2) is 52.5 Å². The van der Waals surface area contributed by atoms with E-state index in [2.05, 4.69) is 12.2 Å². The second kappa shape index (κ2) is 14.1. The molecule has 1 aromatic carbocycles. The molecule has 1 aromatic rings. The van der Waals surface area contributed by atoms with E-state index in [1.165, 1.54) is 64.2 Å². The van der Waals surface area contributed by atoms with E-state index >= 15 is 0 Å². The Hall–Kier alpha value is -1.11. The van der Waals surface area contributed by atoms with Crippen molar-refractivity contribution >= 4 is 15.7 Å². The monoisotopic (exact) mass is 451 g/mol. The number of nitrogens with one attached hydrogen (secondary N) is 1. The van der Waals surface area contributed by atoms with Crippen LogP contribution < -0.4 is 10.2 Å². The summed E-state index contributed by atoms with van der Waals surface area (Å²) in [6.45, 7) is 4.30. The van der Waals surface area contributed by atoms with Crippen molar-refractivity contribution in [2.75, 3.05) is 38.6 Å². The van der Waals surface area contributed by atoms with Gasteiger partial charge in [-0.1, -0.05) is 77.6 Å². The predicted octanol–water partition coefficient (Wildman–Crippen LogP) is 5.42. The number of nitrogens with zero attached hydrogens (tertiary/aromatic N) is 2. The van der Waals surface area contributed by atoms with Crippen LogP contribution in [0.4, 0.5) is 5.69 Å². The van der Waals surface area contributed by atoms with E-state index in [-0.39, 0.29) is 6.04 Å². The molecule has 1 aliphatic heterocycles. The van der Waals surface area contributed by atoms with Gasteiger partial charge in [0.05, 0.1) is 4.90 Å². The normalized spacial score (nSPS) is 17.7. The van der Waals surface area contributed by atoms with Gasteiger partial charge in [0.1, 0.15) is 0 Å². The molecular formula is C25H45N3O2S. The van der Waals surface area contributed by atoms with E-state index in [1.807, 2.05) is 31.1 Å². The maximum Gasteiger partial charge on any atom is 0.243 e. The highest BCUT2D eigenvalue weighted by molar-refractivity contribution is 7.89. The van der Waals surface area contributed by atoms with Crippen LogP contribution in [0.2, 0.25) is 0 Å². The lowest BCUT2D eigenvalue weighted by Gasteiger charge is -2.35. The van der Waals surface area contributed by atoms with E-state index in [4.69, 9.17) is 0 Å². The largest absolute Gasteiger partial charge is 0.378 e. The van der Waals surface area contributed by atoms with Gasteiger partial charge in [0.15, 0.2) is 0 Å². The predicted molar refractivity (Wildman–Crippen MR) is 132 cm³/mol. The lowest BCUT2D eigenvalue weighted by Crippen LogP contribution is -2.53. The van der Waals surface area contributed by atoms with Gasteiger partial charge in [-0.05, 0) is 30.7 Å². The molecule has 1 saturated heterocycles. The third-order valence-corrected chi connectivity index (χ3v) is 8.36. The summed E-state index contributed by atoms with van der Waals surface area (Å²) in [6, 6.07) is 7.31. The van der Waals surface area contributed by atoms with Gasteiger partial charge in [-0.3, -0.25) is 0 Å². The molecule has 1 unspecified atom stereocenters. The zero-order valence-corrected chi connectivity index (χ0v) is 20.9. The second-order valence-corrected chi connectivity index (χ2v) is 11.1. The van der Waals surface area contributed by atoms with Crippen molar-refractivity contribution in [2.45, 2.75) is 94.9 Å². The van der Waals surface area contributed by atoms with Crippen molar-refractivity contribution in [3.8, 4) is 0 Å². The molecule has 1 N–H and O–H groups in total. The Balaban J connectivity index is 1.74. The summed E-state index contributed by atoms with van der Waals surface area (Å²) in [5.41, 5.74) is 1.01. The molecule has 1 aliphatic rings. The Morgan fingerprint density at radius 2 is 1.45 bits per heavy atom. The standard InChI is InChI=1S/C25H45N3O2S/c1-4-5-6-7-8-9-10-11-12-13-14-15-24-22-26-20-21-28(24)31(29,30)25-18-16-23(17-19-25)27(2)3/h16-19,24,26H,4-15,20-22H2,1-3H3. The summed E-state index contributed by atoms with van der Waals surface area (Å²) in [5.74, 6) is 0. The van der Waals surface area contributed by atoms with Gasteiger partial charge in [-0.25, -0.2) is 8.42 Å². The van der Waals surface area contributed by atoms with Crippen molar-refractivity contribution in [3.63, 3.8) is 0 Å². The minimum absolute atomic E-state index is 0.0610. The summed E-state index contributed by atoms with van der Waals surface area (Å²) >= 11 is 0. The summed E-state index contributed by atoms with van der Waals surface area (Å²) < 4.78 is 28.3. The van der Waals surface area contributed by atoms with Gasteiger partial charge in [0.2, 0.25) is 10.0 Å².